The Labute approximate surface area is 365 Å². The first-order valence-electron chi connectivity index (χ1n) is 22.3. The Balaban J connectivity index is 1.15. The number of carbonyl (C=O) groups is 5. The summed E-state index contributed by atoms with van der Waals surface area (Å²) in [4.78, 5) is 75.7. The summed E-state index contributed by atoms with van der Waals surface area (Å²) in [7, 11) is -0.656. The number of hydrogen-bond donors (Lipinski definition) is 8. The highest BCUT2D eigenvalue weighted by molar-refractivity contribution is 6.47. The molecule has 3 aliphatic carbocycles. The molecule has 3 saturated carbocycles. The minimum absolute atomic E-state index is 0.00270. The Morgan fingerprint density at radius 3 is 2.08 bits per heavy atom. The van der Waals surface area contributed by atoms with Crippen LogP contribution in [0.1, 0.15) is 116 Å². The molecule has 17 nitrogen and oxygen atoms in total. The van der Waals surface area contributed by atoms with Gasteiger partial charge in [-0.05, 0) is 121 Å². The number of aliphatic hydroxyl groups is 1. The SMILES string of the molecule is CCCCc1ccc(-c2cnc(C(=O)N[C@@H](CCN)C(=O)N[C@H](C(=O)N[C@@H](C)C(=O)N[C@@H](CCCCN)C(=O)N[C@@H](C)B3OC4C[C@@H]5C[C@@H](C5(C)C)[C@]4(C)O3)[C@@H](C)O)nc2)cc1. The second kappa shape index (κ2) is 21.3. The first-order valence-corrected chi connectivity index (χ1v) is 22.3. The monoisotopic (exact) mass is 862 g/mol. The smallest absolute Gasteiger partial charge is 0.404 e. The van der Waals surface area contributed by atoms with E-state index >= 15 is 0 Å². The first-order chi connectivity index (χ1) is 29.4. The number of unbranched alkanes of at least 4 members (excludes halogenated alkanes) is 2. The van der Waals surface area contributed by atoms with E-state index in [1.165, 1.54) is 31.8 Å². The quantitative estimate of drug-likeness (QED) is 0.0622. The molecule has 1 aromatic heterocycles. The fraction of sp³-hybridized carbons (Fsp3) is 0.659. The van der Waals surface area contributed by atoms with Gasteiger partial charge in [-0.2, -0.15) is 0 Å². The number of hydrogen-bond acceptors (Lipinski definition) is 12. The van der Waals surface area contributed by atoms with Crippen LogP contribution in [0.2, 0.25) is 0 Å². The third-order valence-electron chi connectivity index (χ3n) is 13.2. The zero-order chi connectivity index (χ0) is 45.4. The molecule has 6 rings (SSSR count). The Bertz CT molecular complexity index is 1870. The molecule has 1 saturated heterocycles. The minimum atomic E-state index is -1.52. The van der Waals surface area contributed by atoms with Crippen molar-refractivity contribution in [3.8, 4) is 11.1 Å². The maximum atomic E-state index is 13.7. The van der Waals surface area contributed by atoms with Gasteiger partial charge in [-0.3, -0.25) is 24.0 Å². The number of benzene rings is 1. The summed E-state index contributed by atoms with van der Waals surface area (Å²) in [6, 6.07) is 3.19. The average Bonchev–Trinajstić information content (AvgIpc) is 3.61. The van der Waals surface area contributed by atoms with Crippen molar-refractivity contribution in [3.05, 3.63) is 48.0 Å². The zero-order valence-corrected chi connectivity index (χ0v) is 37.4. The van der Waals surface area contributed by atoms with Crippen LogP contribution in [0.5, 0.6) is 0 Å². The van der Waals surface area contributed by atoms with Gasteiger partial charge >= 0.3 is 7.12 Å². The summed E-state index contributed by atoms with van der Waals surface area (Å²) in [6.07, 6.45) is 8.26. The number of carbonyl (C=O) groups excluding carboxylic acids is 5. The molecule has 18 heteroatoms. The van der Waals surface area contributed by atoms with Gasteiger partial charge in [0.05, 0.1) is 23.8 Å². The summed E-state index contributed by atoms with van der Waals surface area (Å²) in [6.45, 7) is 13.8. The number of aryl methyl sites for hydroxylation is 1. The van der Waals surface area contributed by atoms with Crippen LogP contribution in [0.25, 0.3) is 11.1 Å². The van der Waals surface area contributed by atoms with Gasteiger partial charge in [0.25, 0.3) is 5.91 Å². The Morgan fingerprint density at radius 1 is 0.806 bits per heavy atom. The summed E-state index contributed by atoms with van der Waals surface area (Å²) < 4.78 is 12.9. The third-order valence-corrected chi connectivity index (χ3v) is 13.2. The zero-order valence-electron chi connectivity index (χ0n) is 37.4. The molecule has 1 unspecified atom stereocenters. The fourth-order valence-electron chi connectivity index (χ4n) is 9.09. The van der Waals surface area contributed by atoms with Gasteiger partial charge in [0.15, 0.2) is 0 Å². The van der Waals surface area contributed by atoms with E-state index in [2.05, 4.69) is 76.4 Å². The maximum Gasteiger partial charge on any atom is 0.481 e. The van der Waals surface area contributed by atoms with Crippen molar-refractivity contribution in [1.82, 2.24) is 36.6 Å². The van der Waals surface area contributed by atoms with Crippen LogP contribution < -0.4 is 38.1 Å². The second-order valence-corrected chi connectivity index (χ2v) is 18.1. The lowest BCUT2D eigenvalue weighted by atomic mass is 9.43. The topological polar surface area (TPSA) is 262 Å². The second-order valence-electron chi connectivity index (χ2n) is 18.1. The molecule has 10 atom stereocenters. The van der Waals surface area contributed by atoms with E-state index in [9.17, 15) is 29.1 Å². The normalized spacial score (nSPS) is 23.9. The van der Waals surface area contributed by atoms with Gasteiger partial charge in [-0.1, -0.05) is 51.5 Å². The Kier molecular flexibility index (Phi) is 16.6. The number of nitrogens with one attached hydrogen (secondary N) is 5. The maximum absolute atomic E-state index is 13.7. The molecule has 2 aromatic rings. The van der Waals surface area contributed by atoms with Crippen molar-refractivity contribution < 1.29 is 38.4 Å². The van der Waals surface area contributed by atoms with E-state index in [1.807, 2.05) is 19.1 Å². The molecule has 4 fully saturated rings. The third kappa shape index (κ3) is 11.4. The van der Waals surface area contributed by atoms with Crippen LogP contribution in [-0.4, -0.2) is 113 Å². The van der Waals surface area contributed by atoms with Crippen LogP contribution in [0, 0.1) is 17.3 Å². The predicted octanol–water partition coefficient (Wildman–Crippen LogP) is 1.69. The van der Waals surface area contributed by atoms with Crippen molar-refractivity contribution in [2.75, 3.05) is 13.1 Å². The molecule has 340 valence electrons. The van der Waals surface area contributed by atoms with Gasteiger partial charge in [0.2, 0.25) is 29.5 Å². The molecule has 1 aliphatic heterocycles. The first kappa shape index (κ1) is 48.5. The van der Waals surface area contributed by atoms with E-state index in [0.717, 1.165) is 37.7 Å². The van der Waals surface area contributed by atoms with Crippen LogP contribution in [0.15, 0.2) is 36.7 Å². The van der Waals surface area contributed by atoms with Crippen LogP contribution >= 0.6 is 0 Å². The van der Waals surface area contributed by atoms with Crippen molar-refractivity contribution in [2.45, 2.75) is 154 Å². The van der Waals surface area contributed by atoms with Crippen LogP contribution in [-0.2, 0) is 34.9 Å². The molecular weight excluding hydrogens is 793 g/mol. The molecule has 2 heterocycles. The molecule has 1 aromatic carbocycles. The molecule has 5 amide bonds. The van der Waals surface area contributed by atoms with Gasteiger partial charge < -0.3 is 52.5 Å². The summed E-state index contributed by atoms with van der Waals surface area (Å²) in [5.74, 6) is -3.26. The van der Waals surface area contributed by atoms with E-state index in [1.54, 1.807) is 0 Å². The lowest BCUT2D eigenvalue weighted by Crippen LogP contribution is -2.65. The highest BCUT2D eigenvalue weighted by Gasteiger charge is 2.68. The van der Waals surface area contributed by atoms with E-state index < -0.39 is 78.5 Å². The molecule has 4 aliphatic rings. The van der Waals surface area contributed by atoms with Crippen LogP contribution in [0.3, 0.4) is 0 Å². The lowest BCUT2D eigenvalue weighted by molar-refractivity contribution is -0.199. The minimum Gasteiger partial charge on any atom is -0.404 e. The van der Waals surface area contributed by atoms with E-state index in [4.69, 9.17) is 20.8 Å². The van der Waals surface area contributed by atoms with Crippen molar-refractivity contribution in [3.63, 3.8) is 0 Å². The Morgan fingerprint density at radius 2 is 1.47 bits per heavy atom. The van der Waals surface area contributed by atoms with Crippen molar-refractivity contribution in [2.24, 2.45) is 28.7 Å². The summed E-state index contributed by atoms with van der Waals surface area (Å²) in [5, 5.41) is 23.9. The van der Waals surface area contributed by atoms with E-state index in [-0.39, 0.29) is 36.7 Å². The summed E-state index contributed by atoms with van der Waals surface area (Å²) >= 11 is 0. The molecule has 0 radical (unpaired) electrons. The number of aliphatic hydroxyl groups excluding tert-OH is 1. The molecule has 10 N–H and O–H groups in total. The number of amides is 5. The highest BCUT2D eigenvalue weighted by atomic mass is 16.7. The van der Waals surface area contributed by atoms with Gasteiger partial charge in [-0.15, -0.1) is 0 Å². The summed E-state index contributed by atoms with van der Waals surface area (Å²) in [5.41, 5.74) is 14.0. The molecule has 2 bridgehead atoms. The number of nitrogens with zero attached hydrogens (tertiary/aromatic N) is 2. The molecular formula is C44H68BN9O8. The lowest BCUT2D eigenvalue weighted by Gasteiger charge is -2.64. The number of aromatic nitrogens is 2. The van der Waals surface area contributed by atoms with Gasteiger partial charge in [0.1, 0.15) is 24.2 Å². The molecule has 0 spiro atoms. The fourth-order valence-corrected chi connectivity index (χ4v) is 9.09. The standard InChI is InChI=1S/C44H68BN9O8/c1-8-9-12-28-14-16-29(17-15-28)30-23-48-37(49-24-30)42(60)53-33(18-20-47)40(58)54-36(26(3)55)41(59)50-25(2)38(56)52-32(13-10-11-19-46)39(57)51-27(4)45-61-35-22-31-21-34(43(31,5)6)44(35,7)62-45/h14-17,23-27,31-36,55H,8-13,18-22,46-47H2,1-7H3,(H,50,59)(H,51,57)(H,52,56)(H,53,60)(H,54,58)/t25-,26+,27-,31-,32-,33-,34-,35?,36-,44-/m0/s1. The van der Waals surface area contributed by atoms with E-state index in [0.29, 0.717) is 36.8 Å². The largest absolute Gasteiger partial charge is 0.481 e. The number of nitrogens with two attached hydrogens (primary N) is 2. The number of rotatable bonds is 22. The average molecular weight is 862 g/mol. The van der Waals surface area contributed by atoms with Gasteiger partial charge in [-0.25, -0.2) is 9.97 Å². The van der Waals surface area contributed by atoms with Gasteiger partial charge in [0, 0.05) is 18.0 Å². The van der Waals surface area contributed by atoms with Crippen molar-refractivity contribution in [1.29, 1.82) is 0 Å². The van der Waals surface area contributed by atoms with Crippen LogP contribution in [0.4, 0.5) is 0 Å². The Hall–Kier alpha value is -4.49. The van der Waals surface area contributed by atoms with Crippen molar-refractivity contribution >= 4 is 36.7 Å². The molecule has 62 heavy (non-hydrogen) atoms. The predicted molar refractivity (Wildman–Crippen MR) is 235 cm³/mol. The highest BCUT2D eigenvalue weighted by Crippen LogP contribution is 2.65.